The average Bonchev–Trinajstić information content (AvgIpc) is 3.87. The number of benzene rings is 1. The lowest BCUT2D eigenvalue weighted by Crippen LogP contribution is -2.36. The van der Waals surface area contributed by atoms with Crippen LogP contribution in [0.4, 0.5) is 0 Å². The number of hydrogen-bond donors (Lipinski definition) is 4. The third-order valence-corrected chi connectivity index (χ3v) is 10.1. The Balaban J connectivity index is 1.13. The van der Waals surface area contributed by atoms with Crippen molar-refractivity contribution in [3.05, 3.63) is 86.6 Å². The predicted octanol–water partition coefficient (Wildman–Crippen LogP) is 3.88. The first-order chi connectivity index (χ1) is 24.7. The molecule has 0 aliphatic carbocycles. The number of pyridine rings is 2. The van der Waals surface area contributed by atoms with Crippen LogP contribution in [-0.4, -0.2) is 68.2 Å². The van der Waals surface area contributed by atoms with E-state index in [-0.39, 0.29) is 29.5 Å². The molecule has 0 spiro atoms. The maximum atomic E-state index is 13.3. The van der Waals surface area contributed by atoms with Crippen LogP contribution in [0.3, 0.4) is 0 Å². The average molecular weight is 731 g/mol. The number of methoxy groups -OCH3 is 1. The topological polar surface area (TPSA) is 157 Å². The van der Waals surface area contributed by atoms with Crippen LogP contribution in [0.2, 0.25) is 10.0 Å². The summed E-state index contributed by atoms with van der Waals surface area (Å²) in [5.41, 5.74) is 4.86. The van der Waals surface area contributed by atoms with E-state index < -0.39 is 0 Å². The summed E-state index contributed by atoms with van der Waals surface area (Å²) in [6.45, 7) is 2.13. The van der Waals surface area contributed by atoms with Crippen LogP contribution in [0.15, 0.2) is 59.7 Å². The molecule has 2 amide bonds. The quantitative estimate of drug-likeness (QED) is 0.150. The molecule has 0 radical (unpaired) electrons. The van der Waals surface area contributed by atoms with Gasteiger partial charge >= 0.3 is 0 Å². The van der Waals surface area contributed by atoms with Gasteiger partial charge in [-0.1, -0.05) is 47.5 Å². The van der Waals surface area contributed by atoms with Gasteiger partial charge in [-0.3, -0.25) is 23.9 Å². The Morgan fingerprint density at radius 3 is 2.27 bits per heavy atom. The van der Waals surface area contributed by atoms with Crippen LogP contribution in [-0.2, 0) is 29.7 Å². The molecular weight excluding hydrogens is 693 g/mol. The molecule has 15 heteroatoms. The molecule has 0 saturated carbocycles. The summed E-state index contributed by atoms with van der Waals surface area (Å²) >= 11 is 14.1. The second-order valence-corrected chi connectivity index (χ2v) is 13.5. The lowest BCUT2D eigenvalue weighted by atomic mass is 10.00. The molecule has 264 valence electrons. The molecule has 5 aromatic rings. The largest absolute Gasteiger partial charge is 0.481 e. The molecule has 7 rings (SSSR count). The van der Waals surface area contributed by atoms with Crippen LogP contribution in [0.25, 0.3) is 39.2 Å². The van der Waals surface area contributed by atoms with Crippen LogP contribution in [0, 0.1) is 0 Å². The molecule has 2 fully saturated rings. The molecule has 0 unspecified atom stereocenters. The molecule has 2 saturated heterocycles. The zero-order chi connectivity index (χ0) is 35.6. The highest BCUT2D eigenvalue weighted by Gasteiger charge is 2.23. The number of aromatic nitrogens is 5. The Morgan fingerprint density at radius 1 is 0.902 bits per heavy atom. The number of carbonyl (C=O) groups excluding carboxylic acids is 2. The number of ether oxygens (including phenoxy) is 1. The van der Waals surface area contributed by atoms with E-state index >= 15 is 0 Å². The fourth-order valence-corrected chi connectivity index (χ4v) is 7.23. The van der Waals surface area contributed by atoms with E-state index in [4.69, 9.17) is 32.9 Å². The van der Waals surface area contributed by atoms with Crippen molar-refractivity contribution in [3.63, 3.8) is 0 Å². The first-order valence-electron chi connectivity index (χ1n) is 16.8. The monoisotopic (exact) mass is 729 g/mol. The summed E-state index contributed by atoms with van der Waals surface area (Å²) in [6, 6.07) is 13.2. The van der Waals surface area contributed by atoms with E-state index in [1.165, 1.54) is 4.57 Å². The third-order valence-electron chi connectivity index (χ3n) is 9.34. The van der Waals surface area contributed by atoms with Gasteiger partial charge in [0.05, 0.1) is 35.1 Å². The molecule has 4 N–H and O–H groups in total. The standard InChI is InChI=1S/C36H37Cl2N9O4/c1-46-29(18-40-17-23-8-11-31(49)43-23)45-47-19-21(14-28(47)36(46)50)34-33(38)25(12-13-41-34)24-4-3-5-26(32(24)37)27-9-6-20(35(44-27)51-2)15-39-16-22-7-10-30(48)42-22/h3-6,9,12-14,19,22-23,39-40H,7-8,10-11,15-18H2,1-2H3,(H,42,48)(H,43,49)/t22-,23-/m1/s1. The van der Waals surface area contributed by atoms with Crippen molar-refractivity contribution in [3.8, 4) is 39.5 Å². The minimum absolute atomic E-state index is 0.0565. The van der Waals surface area contributed by atoms with Gasteiger partial charge in [-0.25, -0.2) is 9.50 Å². The molecule has 2 aliphatic heterocycles. The number of nitrogens with zero attached hydrogens (tertiary/aromatic N) is 5. The lowest BCUT2D eigenvalue weighted by Gasteiger charge is -2.15. The number of nitrogens with one attached hydrogen (secondary N) is 4. The zero-order valence-electron chi connectivity index (χ0n) is 28.1. The first kappa shape index (κ1) is 34.6. The normalized spacial score (nSPS) is 17.3. The molecule has 0 bridgehead atoms. The van der Waals surface area contributed by atoms with E-state index in [0.29, 0.717) is 99.9 Å². The van der Waals surface area contributed by atoms with Gasteiger partial charge in [0.2, 0.25) is 17.7 Å². The predicted molar refractivity (Wildman–Crippen MR) is 195 cm³/mol. The van der Waals surface area contributed by atoms with Gasteiger partial charge in [-0.05, 0) is 31.0 Å². The van der Waals surface area contributed by atoms with Crippen molar-refractivity contribution in [1.29, 1.82) is 0 Å². The van der Waals surface area contributed by atoms with Crippen LogP contribution < -0.4 is 31.6 Å². The number of halogens is 2. The molecule has 2 aliphatic rings. The summed E-state index contributed by atoms with van der Waals surface area (Å²) in [5, 5.41) is 18.1. The van der Waals surface area contributed by atoms with Gasteiger partial charge in [0.25, 0.3) is 5.56 Å². The first-order valence-corrected chi connectivity index (χ1v) is 17.5. The summed E-state index contributed by atoms with van der Waals surface area (Å²) in [4.78, 5) is 45.7. The highest BCUT2D eigenvalue weighted by molar-refractivity contribution is 6.39. The van der Waals surface area contributed by atoms with E-state index in [9.17, 15) is 14.4 Å². The van der Waals surface area contributed by atoms with Gasteiger partial charge in [0.15, 0.2) is 0 Å². The third kappa shape index (κ3) is 7.20. The number of carbonyl (C=O) groups is 2. The Labute approximate surface area is 303 Å². The number of fused-ring (bicyclic) bond motifs is 1. The molecule has 1 aromatic carbocycles. The van der Waals surface area contributed by atoms with Crippen LogP contribution in [0.5, 0.6) is 5.88 Å². The van der Waals surface area contributed by atoms with E-state index in [2.05, 4.69) is 31.3 Å². The van der Waals surface area contributed by atoms with Crippen molar-refractivity contribution < 1.29 is 14.3 Å². The fourth-order valence-electron chi connectivity index (χ4n) is 6.58. The minimum atomic E-state index is -0.211. The smallest absolute Gasteiger partial charge is 0.277 e. The highest BCUT2D eigenvalue weighted by Crippen LogP contribution is 2.41. The fraction of sp³-hybridized carbons (Fsp3) is 0.333. The van der Waals surface area contributed by atoms with Gasteiger partial charge in [-0.2, -0.15) is 5.10 Å². The van der Waals surface area contributed by atoms with Crippen LogP contribution in [0.1, 0.15) is 37.1 Å². The molecule has 13 nitrogen and oxygen atoms in total. The maximum absolute atomic E-state index is 13.3. The SMILES string of the molecule is COc1nc(-c2cccc(-c3ccnc(-c4cc5c(=O)n(C)c(CNC[C@H]6CCC(=O)N6)nn5c4)c3Cl)c2Cl)ccc1CNC[C@H]1CCC(=O)N1. The van der Waals surface area contributed by atoms with Crippen molar-refractivity contribution in [2.45, 2.75) is 50.9 Å². The summed E-state index contributed by atoms with van der Waals surface area (Å²) in [7, 11) is 3.27. The van der Waals surface area contributed by atoms with Crippen LogP contribution >= 0.6 is 23.2 Å². The number of hydrogen-bond acceptors (Lipinski definition) is 9. The summed E-state index contributed by atoms with van der Waals surface area (Å²) in [6.07, 6.45) is 6.09. The minimum Gasteiger partial charge on any atom is -0.481 e. The molecule has 51 heavy (non-hydrogen) atoms. The van der Waals surface area contributed by atoms with Gasteiger partial charge < -0.3 is 26.0 Å². The molecule has 4 aromatic heterocycles. The summed E-state index contributed by atoms with van der Waals surface area (Å²) < 4.78 is 8.70. The van der Waals surface area contributed by atoms with Crippen molar-refractivity contribution >= 4 is 40.5 Å². The summed E-state index contributed by atoms with van der Waals surface area (Å²) in [5.74, 6) is 1.16. The van der Waals surface area contributed by atoms with Gasteiger partial charge in [0.1, 0.15) is 11.3 Å². The second kappa shape index (κ2) is 14.8. The molecular formula is C36H37Cl2N9O4. The van der Waals surface area contributed by atoms with Crippen molar-refractivity contribution in [2.75, 3.05) is 20.2 Å². The van der Waals surface area contributed by atoms with Gasteiger partial charge in [-0.15, -0.1) is 0 Å². The van der Waals surface area contributed by atoms with Gasteiger partial charge in [0, 0.05) is 91.8 Å². The van der Waals surface area contributed by atoms with E-state index in [1.54, 1.807) is 43.2 Å². The number of rotatable bonds is 12. The lowest BCUT2D eigenvalue weighted by molar-refractivity contribution is -0.120. The van der Waals surface area contributed by atoms with Crippen molar-refractivity contribution in [1.82, 2.24) is 45.4 Å². The highest BCUT2D eigenvalue weighted by atomic mass is 35.5. The second-order valence-electron chi connectivity index (χ2n) is 12.8. The van der Waals surface area contributed by atoms with E-state index in [0.717, 1.165) is 18.4 Å². The van der Waals surface area contributed by atoms with E-state index in [1.807, 2.05) is 30.3 Å². The maximum Gasteiger partial charge on any atom is 0.277 e. The molecule has 2 atom stereocenters. The Morgan fingerprint density at radius 2 is 1.59 bits per heavy atom. The zero-order valence-corrected chi connectivity index (χ0v) is 29.6. The number of amides is 2. The Kier molecular flexibility index (Phi) is 10.0. The Bertz CT molecular complexity index is 2200. The van der Waals surface area contributed by atoms with Crippen molar-refractivity contribution in [2.24, 2.45) is 7.05 Å². The Hall–Kier alpha value is -4.82. The molecule has 6 heterocycles.